The van der Waals surface area contributed by atoms with Crippen molar-refractivity contribution in [1.82, 2.24) is 0 Å². The number of hydrogen-bond acceptors (Lipinski definition) is 5. The van der Waals surface area contributed by atoms with Crippen LogP contribution in [0.4, 0.5) is 0 Å². The lowest BCUT2D eigenvalue weighted by Gasteiger charge is -2.19. The van der Waals surface area contributed by atoms with Crippen LogP contribution in [0.3, 0.4) is 0 Å². The standard InChI is InChI=1S/C5H6O5/c6-2-5-9-3(7)1-4(8)10-5/h5-6H,1-2H2. The van der Waals surface area contributed by atoms with Crippen LogP contribution in [0.25, 0.3) is 0 Å². The van der Waals surface area contributed by atoms with Crippen LogP contribution < -0.4 is 0 Å². The molecule has 0 aromatic heterocycles. The second kappa shape index (κ2) is 2.66. The molecule has 0 radical (unpaired) electrons. The number of rotatable bonds is 1. The monoisotopic (exact) mass is 146 g/mol. The molecule has 1 heterocycles. The average molecular weight is 146 g/mol. The molecule has 5 nitrogen and oxygen atoms in total. The summed E-state index contributed by atoms with van der Waals surface area (Å²) in [5, 5.41) is 8.37. The predicted octanol–water partition coefficient (Wildman–Crippen LogP) is -1.21. The van der Waals surface area contributed by atoms with E-state index in [0.29, 0.717) is 0 Å². The first-order chi connectivity index (χ1) is 4.72. The molecule has 0 aromatic carbocycles. The predicted molar refractivity (Wildman–Crippen MR) is 27.7 cm³/mol. The highest BCUT2D eigenvalue weighted by molar-refractivity contribution is 5.92. The Morgan fingerprint density at radius 3 is 2.30 bits per heavy atom. The van der Waals surface area contributed by atoms with Crippen molar-refractivity contribution in [3.8, 4) is 0 Å². The summed E-state index contributed by atoms with van der Waals surface area (Å²) in [6.07, 6.45) is -1.47. The molecule has 1 saturated heterocycles. The molecule has 0 spiro atoms. The van der Waals surface area contributed by atoms with E-state index in [4.69, 9.17) is 5.11 Å². The molecule has 1 rings (SSSR count). The van der Waals surface area contributed by atoms with Gasteiger partial charge < -0.3 is 14.6 Å². The van der Waals surface area contributed by atoms with Gasteiger partial charge in [-0.1, -0.05) is 0 Å². The van der Waals surface area contributed by atoms with Gasteiger partial charge in [-0.15, -0.1) is 0 Å². The Morgan fingerprint density at radius 2 is 1.90 bits per heavy atom. The minimum Gasteiger partial charge on any atom is -0.422 e. The zero-order valence-corrected chi connectivity index (χ0v) is 5.07. The maximum absolute atomic E-state index is 10.4. The van der Waals surface area contributed by atoms with Gasteiger partial charge in [0, 0.05) is 0 Å². The van der Waals surface area contributed by atoms with Crippen LogP contribution in [0.5, 0.6) is 0 Å². The number of esters is 2. The number of aliphatic hydroxyl groups excluding tert-OH is 1. The highest BCUT2D eigenvalue weighted by Crippen LogP contribution is 2.06. The zero-order chi connectivity index (χ0) is 7.56. The maximum Gasteiger partial charge on any atom is 0.320 e. The SMILES string of the molecule is O=C1CC(=O)OC(CO)O1. The first-order valence-corrected chi connectivity index (χ1v) is 2.72. The Bertz CT molecular complexity index is 147. The fraction of sp³-hybridized carbons (Fsp3) is 0.600. The third-order valence-corrected chi connectivity index (χ3v) is 0.964. The lowest BCUT2D eigenvalue weighted by atomic mass is 10.4. The van der Waals surface area contributed by atoms with Gasteiger partial charge in [0.2, 0.25) is 0 Å². The van der Waals surface area contributed by atoms with Crippen LogP contribution in [0.15, 0.2) is 0 Å². The van der Waals surface area contributed by atoms with Gasteiger partial charge in [-0.2, -0.15) is 0 Å². The van der Waals surface area contributed by atoms with Crippen molar-refractivity contribution in [3.63, 3.8) is 0 Å². The van der Waals surface area contributed by atoms with Crippen LogP contribution >= 0.6 is 0 Å². The Hall–Kier alpha value is -1.10. The molecular weight excluding hydrogens is 140 g/mol. The van der Waals surface area contributed by atoms with E-state index >= 15 is 0 Å². The molecule has 1 fully saturated rings. The van der Waals surface area contributed by atoms with Crippen LogP contribution in [0.1, 0.15) is 6.42 Å². The van der Waals surface area contributed by atoms with Crippen LogP contribution in [0.2, 0.25) is 0 Å². The van der Waals surface area contributed by atoms with Crippen molar-refractivity contribution >= 4 is 11.9 Å². The highest BCUT2D eigenvalue weighted by Gasteiger charge is 2.26. The Kier molecular flexibility index (Phi) is 1.86. The second-order valence-electron chi connectivity index (χ2n) is 1.77. The maximum atomic E-state index is 10.4. The lowest BCUT2D eigenvalue weighted by Crippen LogP contribution is -2.34. The van der Waals surface area contributed by atoms with Gasteiger partial charge in [0.25, 0.3) is 6.29 Å². The fourth-order valence-electron chi connectivity index (χ4n) is 0.593. The first kappa shape index (κ1) is 7.01. The molecule has 10 heavy (non-hydrogen) atoms. The molecule has 0 bridgehead atoms. The van der Waals surface area contributed by atoms with E-state index < -0.39 is 24.8 Å². The van der Waals surface area contributed by atoms with Gasteiger partial charge in [0.1, 0.15) is 13.0 Å². The van der Waals surface area contributed by atoms with Crippen LogP contribution in [-0.4, -0.2) is 29.9 Å². The quantitative estimate of drug-likeness (QED) is 0.371. The fourth-order valence-corrected chi connectivity index (χ4v) is 0.593. The largest absolute Gasteiger partial charge is 0.422 e. The van der Waals surface area contributed by atoms with Gasteiger partial charge >= 0.3 is 11.9 Å². The van der Waals surface area contributed by atoms with Crippen molar-refractivity contribution in [2.75, 3.05) is 6.61 Å². The van der Waals surface area contributed by atoms with Crippen molar-refractivity contribution in [3.05, 3.63) is 0 Å². The van der Waals surface area contributed by atoms with Gasteiger partial charge in [0.05, 0.1) is 0 Å². The highest BCUT2D eigenvalue weighted by atomic mass is 16.7. The number of ether oxygens (including phenoxy) is 2. The zero-order valence-electron chi connectivity index (χ0n) is 5.07. The smallest absolute Gasteiger partial charge is 0.320 e. The van der Waals surface area contributed by atoms with Gasteiger partial charge in [0.15, 0.2) is 0 Å². The van der Waals surface area contributed by atoms with E-state index in [9.17, 15) is 9.59 Å². The summed E-state index contributed by atoms with van der Waals surface area (Å²) in [5.41, 5.74) is 0. The van der Waals surface area contributed by atoms with E-state index in [1.165, 1.54) is 0 Å². The van der Waals surface area contributed by atoms with Crippen molar-refractivity contribution < 1.29 is 24.2 Å². The molecule has 5 heteroatoms. The Labute approximate surface area is 56.5 Å². The normalized spacial score (nSPS) is 20.1. The summed E-state index contributed by atoms with van der Waals surface area (Å²) in [6.45, 7) is -0.489. The molecule has 0 amide bonds. The van der Waals surface area contributed by atoms with Gasteiger partial charge in [-0.3, -0.25) is 9.59 Å². The molecule has 1 aliphatic rings. The van der Waals surface area contributed by atoms with Gasteiger partial charge in [-0.25, -0.2) is 0 Å². The lowest BCUT2D eigenvalue weighted by molar-refractivity contribution is -0.208. The van der Waals surface area contributed by atoms with Crippen LogP contribution in [-0.2, 0) is 19.1 Å². The van der Waals surface area contributed by atoms with Gasteiger partial charge in [-0.05, 0) is 0 Å². The molecular formula is C5H6O5. The molecule has 56 valence electrons. The summed E-state index contributed by atoms with van der Waals surface area (Å²) in [4.78, 5) is 20.8. The number of carbonyl (C=O) groups is 2. The van der Waals surface area contributed by atoms with Crippen molar-refractivity contribution in [1.29, 1.82) is 0 Å². The van der Waals surface area contributed by atoms with Crippen molar-refractivity contribution in [2.45, 2.75) is 12.7 Å². The average Bonchev–Trinajstić information content (AvgIpc) is 1.85. The topological polar surface area (TPSA) is 72.8 Å². The number of aliphatic hydroxyl groups is 1. The summed E-state index contributed by atoms with van der Waals surface area (Å²) in [5.74, 6) is -1.31. The number of cyclic esters (lactones) is 2. The number of hydrogen-bond donors (Lipinski definition) is 1. The first-order valence-electron chi connectivity index (χ1n) is 2.72. The van der Waals surface area contributed by atoms with E-state index in [2.05, 4.69) is 9.47 Å². The van der Waals surface area contributed by atoms with E-state index in [0.717, 1.165) is 0 Å². The number of carbonyl (C=O) groups excluding carboxylic acids is 2. The van der Waals surface area contributed by atoms with E-state index in [1.807, 2.05) is 0 Å². The minimum absolute atomic E-state index is 0.365. The minimum atomic E-state index is -1.10. The summed E-state index contributed by atoms with van der Waals surface area (Å²) < 4.78 is 8.75. The Balaban J connectivity index is 2.50. The van der Waals surface area contributed by atoms with E-state index in [1.54, 1.807) is 0 Å². The molecule has 0 atom stereocenters. The summed E-state index contributed by atoms with van der Waals surface area (Å²) in [6, 6.07) is 0. The third kappa shape index (κ3) is 1.44. The molecule has 0 aromatic rings. The van der Waals surface area contributed by atoms with Crippen LogP contribution in [0, 0.1) is 0 Å². The summed E-state index contributed by atoms with van der Waals surface area (Å²) >= 11 is 0. The third-order valence-electron chi connectivity index (χ3n) is 0.964. The molecule has 1 N–H and O–H groups in total. The van der Waals surface area contributed by atoms with Crippen molar-refractivity contribution in [2.24, 2.45) is 0 Å². The molecule has 1 aliphatic heterocycles. The summed E-state index contributed by atoms with van der Waals surface area (Å²) in [7, 11) is 0. The second-order valence-corrected chi connectivity index (χ2v) is 1.77. The molecule has 0 saturated carbocycles. The molecule has 0 aliphatic carbocycles. The molecule has 0 unspecified atom stereocenters. The Morgan fingerprint density at radius 1 is 1.40 bits per heavy atom. The van der Waals surface area contributed by atoms with E-state index in [-0.39, 0.29) is 6.42 Å².